The molecule has 130 valence electrons. The number of aliphatic hydroxyl groups excluding tert-OH is 1. The summed E-state index contributed by atoms with van der Waals surface area (Å²) in [6.45, 7) is 3.46. The molecule has 0 bridgehead atoms. The number of carbonyl (C=O) groups excluding carboxylic acids is 2. The van der Waals surface area contributed by atoms with Gasteiger partial charge in [-0.1, -0.05) is 13.8 Å². The van der Waals surface area contributed by atoms with Crippen molar-refractivity contribution in [1.29, 1.82) is 0 Å². The van der Waals surface area contributed by atoms with E-state index in [0.29, 0.717) is 6.08 Å². The van der Waals surface area contributed by atoms with Crippen molar-refractivity contribution in [3.05, 3.63) is 23.0 Å². The maximum absolute atomic E-state index is 13.2. The van der Waals surface area contributed by atoms with E-state index in [1.54, 1.807) is 13.8 Å². The van der Waals surface area contributed by atoms with Gasteiger partial charge in [-0.2, -0.15) is 13.2 Å². The van der Waals surface area contributed by atoms with Crippen LogP contribution in [0.3, 0.4) is 0 Å². The van der Waals surface area contributed by atoms with E-state index in [2.05, 4.69) is 9.47 Å². The van der Waals surface area contributed by atoms with Crippen LogP contribution >= 0.6 is 0 Å². The maximum atomic E-state index is 13.2. The molecule has 1 aliphatic carbocycles. The molecule has 23 heavy (non-hydrogen) atoms. The Hall–Kier alpha value is -1.99. The maximum Gasteiger partial charge on any atom is 0.417 e. The van der Waals surface area contributed by atoms with Gasteiger partial charge in [0.2, 0.25) is 0 Å². The second kappa shape index (κ2) is 7.06. The first kappa shape index (κ1) is 19.1. The van der Waals surface area contributed by atoms with Gasteiger partial charge >= 0.3 is 18.1 Å². The topological polar surface area (TPSA) is 72.8 Å². The zero-order chi connectivity index (χ0) is 17.9. The highest BCUT2D eigenvalue weighted by molar-refractivity contribution is 5.93. The number of alkyl halides is 3. The van der Waals surface area contributed by atoms with Crippen molar-refractivity contribution in [2.75, 3.05) is 14.2 Å². The van der Waals surface area contributed by atoms with E-state index in [1.165, 1.54) is 0 Å². The molecule has 0 aliphatic heterocycles. The Bertz CT molecular complexity index is 546. The van der Waals surface area contributed by atoms with Gasteiger partial charge in [0.25, 0.3) is 0 Å². The van der Waals surface area contributed by atoms with E-state index in [0.717, 1.165) is 14.2 Å². The Balaban J connectivity index is 3.59. The molecule has 0 saturated carbocycles. The van der Waals surface area contributed by atoms with Crippen molar-refractivity contribution in [3.8, 4) is 0 Å². The molecular weight excluding hydrogens is 317 g/mol. The highest BCUT2D eigenvalue weighted by atomic mass is 19.4. The van der Waals surface area contributed by atoms with E-state index in [9.17, 15) is 27.9 Å². The molecule has 1 N–H and O–H groups in total. The van der Waals surface area contributed by atoms with E-state index in [4.69, 9.17) is 0 Å². The minimum atomic E-state index is -4.87. The fourth-order valence-corrected chi connectivity index (χ4v) is 2.67. The molecule has 0 spiro atoms. The molecule has 1 rings (SSSR count). The van der Waals surface area contributed by atoms with Gasteiger partial charge in [-0.3, -0.25) is 4.79 Å². The van der Waals surface area contributed by atoms with E-state index in [1.807, 2.05) is 0 Å². The molecule has 0 fully saturated rings. The SMILES string of the molecule is COC(=O)C1=C(C(F)(F)F)C=C(O)C(C(=O)OC)C1CC(C)C. The Labute approximate surface area is 131 Å². The summed E-state index contributed by atoms with van der Waals surface area (Å²) >= 11 is 0. The molecule has 0 heterocycles. The number of rotatable bonds is 4. The average molecular weight is 336 g/mol. The Morgan fingerprint density at radius 3 is 2.22 bits per heavy atom. The number of methoxy groups -OCH3 is 2. The van der Waals surface area contributed by atoms with Crippen molar-refractivity contribution in [2.45, 2.75) is 26.4 Å². The van der Waals surface area contributed by atoms with Crippen LogP contribution in [0.25, 0.3) is 0 Å². The summed E-state index contributed by atoms with van der Waals surface area (Å²) in [7, 11) is 2.02. The second-order valence-corrected chi connectivity index (χ2v) is 5.62. The molecule has 0 aromatic heterocycles. The number of hydrogen-bond donors (Lipinski definition) is 1. The molecule has 0 aromatic rings. The highest BCUT2D eigenvalue weighted by Crippen LogP contribution is 2.44. The standard InChI is InChI=1S/C15H19F3O5/c1-7(2)5-8-11(13(20)22-3)9(15(16,17)18)6-10(19)12(8)14(21)23-4/h6-8,12,19H,5H2,1-4H3. The molecule has 2 unspecified atom stereocenters. The van der Waals surface area contributed by atoms with Crippen LogP contribution in [0.4, 0.5) is 13.2 Å². The van der Waals surface area contributed by atoms with Gasteiger partial charge < -0.3 is 14.6 Å². The van der Waals surface area contributed by atoms with E-state index in [-0.39, 0.29) is 12.3 Å². The monoisotopic (exact) mass is 336 g/mol. The molecule has 5 nitrogen and oxygen atoms in total. The summed E-state index contributed by atoms with van der Waals surface area (Å²) in [4.78, 5) is 23.8. The largest absolute Gasteiger partial charge is 0.511 e. The van der Waals surface area contributed by atoms with Crippen LogP contribution < -0.4 is 0 Å². The molecular formula is C15H19F3O5. The van der Waals surface area contributed by atoms with E-state index < -0.39 is 46.9 Å². The van der Waals surface area contributed by atoms with Gasteiger partial charge in [0.1, 0.15) is 11.7 Å². The third-order valence-electron chi connectivity index (χ3n) is 3.57. The Morgan fingerprint density at radius 2 is 1.83 bits per heavy atom. The number of ether oxygens (including phenoxy) is 2. The number of hydrogen-bond acceptors (Lipinski definition) is 5. The lowest BCUT2D eigenvalue weighted by Crippen LogP contribution is -2.37. The summed E-state index contributed by atoms with van der Waals surface area (Å²) in [6.07, 6.45) is -4.40. The van der Waals surface area contributed by atoms with Crippen LogP contribution in [0.15, 0.2) is 23.0 Å². The molecule has 1 aliphatic rings. The van der Waals surface area contributed by atoms with Crippen LogP contribution in [0.1, 0.15) is 20.3 Å². The fourth-order valence-electron chi connectivity index (χ4n) is 2.67. The van der Waals surface area contributed by atoms with Crippen molar-refractivity contribution >= 4 is 11.9 Å². The lowest BCUT2D eigenvalue weighted by atomic mass is 9.73. The predicted octanol–water partition coefficient (Wildman–Crippen LogP) is 2.93. The highest BCUT2D eigenvalue weighted by Gasteiger charge is 2.48. The van der Waals surface area contributed by atoms with Crippen LogP contribution in [0.5, 0.6) is 0 Å². The van der Waals surface area contributed by atoms with Gasteiger partial charge in [0.15, 0.2) is 0 Å². The number of aliphatic hydroxyl groups is 1. The van der Waals surface area contributed by atoms with E-state index >= 15 is 0 Å². The number of esters is 2. The third kappa shape index (κ3) is 4.05. The summed E-state index contributed by atoms with van der Waals surface area (Å²) in [5.41, 5.74) is -1.96. The Kier molecular flexibility index (Phi) is 5.85. The summed E-state index contributed by atoms with van der Waals surface area (Å²) < 4.78 is 48.8. The number of carbonyl (C=O) groups is 2. The van der Waals surface area contributed by atoms with Crippen molar-refractivity contribution in [2.24, 2.45) is 17.8 Å². The Morgan fingerprint density at radius 1 is 1.26 bits per heavy atom. The second-order valence-electron chi connectivity index (χ2n) is 5.62. The lowest BCUT2D eigenvalue weighted by molar-refractivity contribution is -0.148. The van der Waals surface area contributed by atoms with Crippen LogP contribution in [-0.2, 0) is 19.1 Å². The van der Waals surface area contributed by atoms with Gasteiger partial charge in [-0.05, 0) is 18.4 Å². The minimum absolute atomic E-state index is 0.0711. The molecule has 8 heteroatoms. The lowest BCUT2D eigenvalue weighted by Gasteiger charge is -2.32. The first-order valence-corrected chi connectivity index (χ1v) is 6.92. The van der Waals surface area contributed by atoms with Crippen LogP contribution in [-0.4, -0.2) is 37.4 Å². The minimum Gasteiger partial charge on any atom is -0.511 e. The van der Waals surface area contributed by atoms with Crippen molar-refractivity contribution < 1.29 is 37.3 Å². The molecule has 0 saturated heterocycles. The zero-order valence-electron chi connectivity index (χ0n) is 13.2. The molecule has 0 amide bonds. The van der Waals surface area contributed by atoms with Crippen LogP contribution in [0, 0.1) is 17.8 Å². The number of allylic oxidation sites excluding steroid dienone is 2. The normalized spacial score (nSPS) is 22.0. The molecule has 0 aromatic carbocycles. The van der Waals surface area contributed by atoms with Crippen molar-refractivity contribution in [1.82, 2.24) is 0 Å². The molecule has 0 radical (unpaired) electrons. The molecule has 2 atom stereocenters. The zero-order valence-corrected chi connectivity index (χ0v) is 13.2. The first-order chi connectivity index (χ1) is 10.5. The summed E-state index contributed by atoms with van der Waals surface area (Å²) in [6, 6.07) is 0. The van der Waals surface area contributed by atoms with Gasteiger partial charge in [0, 0.05) is 5.92 Å². The van der Waals surface area contributed by atoms with Gasteiger partial charge in [-0.15, -0.1) is 0 Å². The van der Waals surface area contributed by atoms with Crippen LogP contribution in [0.2, 0.25) is 0 Å². The van der Waals surface area contributed by atoms with Gasteiger partial charge in [0.05, 0.1) is 25.4 Å². The predicted molar refractivity (Wildman–Crippen MR) is 74.3 cm³/mol. The van der Waals surface area contributed by atoms with Gasteiger partial charge in [-0.25, -0.2) is 4.79 Å². The quantitative estimate of drug-likeness (QED) is 0.799. The number of halogens is 3. The van der Waals surface area contributed by atoms with Crippen molar-refractivity contribution in [3.63, 3.8) is 0 Å². The summed E-state index contributed by atoms with van der Waals surface area (Å²) in [5.74, 6) is -5.55. The summed E-state index contributed by atoms with van der Waals surface area (Å²) in [5, 5.41) is 9.93. The fraction of sp³-hybridized carbons (Fsp3) is 0.600. The smallest absolute Gasteiger partial charge is 0.417 e. The first-order valence-electron chi connectivity index (χ1n) is 6.92. The average Bonchev–Trinajstić information content (AvgIpc) is 2.43. The third-order valence-corrected chi connectivity index (χ3v) is 3.57.